The minimum absolute atomic E-state index is 0.0176. The third-order valence-corrected chi connectivity index (χ3v) is 3.63. The van der Waals surface area contributed by atoms with Crippen molar-refractivity contribution in [3.63, 3.8) is 0 Å². The van der Waals surface area contributed by atoms with Crippen molar-refractivity contribution in [1.82, 2.24) is 10.3 Å². The van der Waals surface area contributed by atoms with Crippen molar-refractivity contribution in [2.75, 3.05) is 6.61 Å². The molecule has 7 heteroatoms. The van der Waals surface area contributed by atoms with Gasteiger partial charge < -0.3 is 9.15 Å². The first kappa shape index (κ1) is 18.1. The van der Waals surface area contributed by atoms with Crippen LogP contribution in [-0.4, -0.2) is 29.4 Å². The minimum Gasteiger partial charge on any atom is -0.451 e. The van der Waals surface area contributed by atoms with E-state index in [1.807, 2.05) is 18.2 Å². The van der Waals surface area contributed by atoms with Crippen LogP contribution in [0, 0.1) is 6.92 Å². The topological polar surface area (TPSA) is 98.5 Å². The highest BCUT2D eigenvalue weighted by Crippen LogP contribution is 2.21. The Bertz CT molecular complexity index is 965. The van der Waals surface area contributed by atoms with Crippen LogP contribution in [0.4, 0.5) is 0 Å². The summed E-state index contributed by atoms with van der Waals surface area (Å²) in [6.45, 7) is 0.972. The second kappa shape index (κ2) is 8.09. The van der Waals surface area contributed by atoms with Gasteiger partial charge in [-0.05, 0) is 31.2 Å². The van der Waals surface area contributed by atoms with Gasteiger partial charge in [0.25, 0.3) is 11.8 Å². The number of carbonyl (C=O) groups is 3. The highest BCUT2D eigenvalue weighted by molar-refractivity contribution is 6.05. The van der Waals surface area contributed by atoms with E-state index in [-0.39, 0.29) is 17.3 Å². The molecule has 0 saturated carbocycles. The van der Waals surface area contributed by atoms with Gasteiger partial charge in [-0.1, -0.05) is 36.4 Å². The van der Waals surface area contributed by atoms with E-state index in [0.717, 1.165) is 0 Å². The normalized spacial score (nSPS) is 10.3. The molecule has 0 unspecified atom stereocenters. The van der Waals surface area contributed by atoms with E-state index in [0.29, 0.717) is 11.1 Å². The quantitative estimate of drug-likeness (QED) is 0.699. The number of hydrogen-bond donors (Lipinski definition) is 1. The van der Waals surface area contributed by atoms with Crippen LogP contribution >= 0.6 is 0 Å². The third kappa shape index (κ3) is 4.46. The van der Waals surface area contributed by atoms with E-state index in [9.17, 15) is 14.4 Å². The van der Waals surface area contributed by atoms with E-state index in [1.165, 1.54) is 0 Å². The molecule has 0 fully saturated rings. The van der Waals surface area contributed by atoms with Crippen molar-refractivity contribution in [2.24, 2.45) is 0 Å². The SMILES string of the molecule is Cc1oc(-c2ccccc2)nc1C(=O)OCC(=O)NC(=O)c1ccccc1. The molecule has 1 aromatic heterocycles. The largest absolute Gasteiger partial charge is 0.451 e. The molecule has 136 valence electrons. The summed E-state index contributed by atoms with van der Waals surface area (Å²) in [6.07, 6.45) is 0. The van der Waals surface area contributed by atoms with Crippen LogP contribution in [0.2, 0.25) is 0 Å². The molecule has 0 bridgehead atoms. The summed E-state index contributed by atoms with van der Waals surface area (Å²) in [4.78, 5) is 40.0. The molecule has 0 aliphatic carbocycles. The number of amides is 2. The number of rotatable bonds is 5. The number of nitrogens with zero attached hydrogens (tertiary/aromatic N) is 1. The predicted molar refractivity (Wildman–Crippen MR) is 95.9 cm³/mol. The van der Waals surface area contributed by atoms with Crippen LogP contribution < -0.4 is 5.32 Å². The lowest BCUT2D eigenvalue weighted by atomic mass is 10.2. The molecule has 2 aromatic carbocycles. The standard InChI is InChI=1S/C20H16N2O5/c1-13-17(22-19(27-13)15-10-6-3-7-11-15)20(25)26-12-16(23)21-18(24)14-8-4-2-5-9-14/h2-11H,12H2,1H3,(H,21,23,24). The molecular formula is C20H16N2O5. The van der Waals surface area contributed by atoms with E-state index in [4.69, 9.17) is 9.15 Å². The fourth-order valence-electron chi connectivity index (χ4n) is 2.31. The van der Waals surface area contributed by atoms with Crippen LogP contribution in [0.5, 0.6) is 0 Å². The van der Waals surface area contributed by atoms with Crippen LogP contribution in [0.25, 0.3) is 11.5 Å². The van der Waals surface area contributed by atoms with Crippen molar-refractivity contribution in [3.8, 4) is 11.5 Å². The Hall–Kier alpha value is -3.74. The number of benzene rings is 2. The van der Waals surface area contributed by atoms with Crippen LogP contribution in [0.3, 0.4) is 0 Å². The Morgan fingerprint density at radius 1 is 1.00 bits per heavy atom. The van der Waals surface area contributed by atoms with E-state index >= 15 is 0 Å². The first-order chi connectivity index (χ1) is 13.0. The Labute approximate surface area is 155 Å². The monoisotopic (exact) mass is 364 g/mol. The van der Waals surface area contributed by atoms with Gasteiger partial charge in [-0.3, -0.25) is 14.9 Å². The van der Waals surface area contributed by atoms with Gasteiger partial charge in [0, 0.05) is 11.1 Å². The van der Waals surface area contributed by atoms with Crippen molar-refractivity contribution < 1.29 is 23.5 Å². The number of carbonyl (C=O) groups excluding carboxylic acids is 3. The molecule has 1 N–H and O–H groups in total. The van der Waals surface area contributed by atoms with Crippen LogP contribution in [-0.2, 0) is 9.53 Å². The van der Waals surface area contributed by atoms with Gasteiger partial charge in [0.15, 0.2) is 12.3 Å². The summed E-state index contributed by atoms with van der Waals surface area (Å²) in [7, 11) is 0. The molecule has 0 aliphatic rings. The molecule has 0 radical (unpaired) electrons. The van der Waals surface area contributed by atoms with Crippen LogP contribution in [0.15, 0.2) is 65.1 Å². The molecular weight excluding hydrogens is 348 g/mol. The number of imide groups is 1. The van der Waals surface area contributed by atoms with E-state index in [2.05, 4.69) is 10.3 Å². The highest BCUT2D eigenvalue weighted by Gasteiger charge is 2.21. The van der Waals surface area contributed by atoms with Gasteiger partial charge in [0.05, 0.1) is 0 Å². The number of aromatic nitrogens is 1. The second-order valence-corrected chi connectivity index (χ2v) is 5.61. The summed E-state index contributed by atoms with van der Waals surface area (Å²) in [5, 5.41) is 2.15. The summed E-state index contributed by atoms with van der Waals surface area (Å²) in [6, 6.07) is 17.3. The molecule has 3 rings (SSSR count). The summed E-state index contributed by atoms with van der Waals surface area (Å²) in [5.74, 6) is -1.55. The van der Waals surface area contributed by atoms with E-state index in [1.54, 1.807) is 49.4 Å². The first-order valence-corrected chi connectivity index (χ1v) is 8.14. The van der Waals surface area contributed by atoms with Crippen molar-refractivity contribution in [1.29, 1.82) is 0 Å². The number of esters is 1. The van der Waals surface area contributed by atoms with Gasteiger partial charge >= 0.3 is 5.97 Å². The van der Waals surface area contributed by atoms with Crippen LogP contribution in [0.1, 0.15) is 26.6 Å². The average molecular weight is 364 g/mol. The minimum atomic E-state index is -0.805. The van der Waals surface area contributed by atoms with Crippen molar-refractivity contribution in [3.05, 3.63) is 77.7 Å². The highest BCUT2D eigenvalue weighted by atomic mass is 16.5. The fraction of sp³-hybridized carbons (Fsp3) is 0.100. The first-order valence-electron chi connectivity index (χ1n) is 8.14. The van der Waals surface area contributed by atoms with Crippen molar-refractivity contribution in [2.45, 2.75) is 6.92 Å². The molecule has 2 amide bonds. The fourth-order valence-corrected chi connectivity index (χ4v) is 2.31. The van der Waals surface area contributed by atoms with Gasteiger partial charge in [0.1, 0.15) is 5.76 Å². The Balaban J connectivity index is 1.59. The zero-order chi connectivity index (χ0) is 19.2. The molecule has 3 aromatic rings. The van der Waals surface area contributed by atoms with E-state index < -0.39 is 24.4 Å². The maximum Gasteiger partial charge on any atom is 0.361 e. The molecule has 0 spiro atoms. The predicted octanol–water partition coefficient (Wildman–Crippen LogP) is 2.76. The molecule has 27 heavy (non-hydrogen) atoms. The van der Waals surface area contributed by atoms with Crippen molar-refractivity contribution >= 4 is 17.8 Å². The maximum atomic E-state index is 12.2. The number of ether oxygens (including phenoxy) is 1. The lowest BCUT2D eigenvalue weighted by Gasteiger charge is -2.05. The Kier molecular flexibility index (Phi) is 5.41. The molecule has 0 saturated heterocycles. The maximum absolute atomic E-state index is 12.2. The zero-order valence-electron chi connectivity index (χ0n) is 14.5. The van der Waals surface area contributed by atoms with Gasteiger partial charge in [-0.2, -0.15) is 0 Å². The lowest BCUT2D eigenvalue weighted by molar-refractivity contribution is -0.123. The van der Waals surface area contributed by atoms with Gasteiger partial charge in [-0.15, -0.1) is 0 Å². The summed E-state index contributed by atoms with van der Waals surface area (Å²) < 4.78 is 10.4. The van der Waals surface area contributed by atoms with Gasteiger partial charge in [-0.25, -0.2) is 9.78 Å². The average Bonchev–Trinajstić information content (AvgIpc) is 3.09. The number of hydrogen-bond acceptors (Lipinski definition) is 6. The molecule has 0 aliphatic heterocycles. The molecule has 0 atom stereocenters. The summed E-state index contributed by atoms with van der Waals surface area (Å²) >= 11 is 0. The third-order valence-electron chi connectivity index (χ3n) is 3.63. The number of aryl methyl sites for hydroxylation is 1. The number of nitrogens with one attached hydrogen (secondary N) is 1. The van der Waals surface area contributed by atoms with Gasteiger partial charge in [0.2, 0.25) is 5.89 Å². The summed E-state index contributed by atoms with van der Waals surface area (Å²) in [5.41, 5.74) is 1.03. The number of oxazole rings is 1. The Morgan fingerprint density at radius 3 is 2.30 bits per heavy atom. The molecule has 1 heterocycles. The smallest absolute Gasteiger partial charge is 0.361 e. The Morgan fingerprint density at radius 2 is 1.63 bits per heavy atom. The molecule has 7 nitrogen and oxygen atoms in total. The lowest BCUT2D eigenvalue weighted by Crippen LogP contribution is -2.34. The second-order valence-electron chi connectivity index (χ2n) is 5.61. The zero-order valence-corrected chi connectivity index (χ0v) is 14.5.